The van der Waals surface area contributed by atoms with Crippen molar-refractivity contribution in [3.05, 3.63) is 58.7 Å². The second-order valence-electron chi connectivity index (χ2n) is 5.69. The van der Waals surface area contributed by atoms with Crippen LogP contribution < -0.4 is 10.1 Å². The molecule has 0 saturated heterocycles. The predicted molar refractivity (Wildman–Crippen MR) is 83.7 cm³/mol. The first-order valence-electron chi connectivity index (χ1n) is 7.39. The second-order valence-corrected chi connectivity index (χ2v) is 5.69. The lowest BCUT2D eigenvalue weighted by Crippen LogP contribution is -2.26. The number of hydrogen-bond donors (Lipinski definition) is 2. The molecule has 1 aliphatic rings. The minimum absolute atomic E-state index is 0.323. The molecule has 2 aromatic carbocycles. The number of benzene rings is 2. The molecule has 0 aromatic heterocycles. The van der Waals surface area contributed by atoms with E-state index in [-0.39, 0.29) is 0 Å². The average molecular weight is 283 g/mol. The van der Waals surface area contributed by atoms with E-state index in [0.717, 1.165) is 36.4 Å². The van der Waals surface area contributed by atoms with Crippen molar-refractivity contribution in [1.29, 1.82) is 0 Å². The molecule has 0 aliphatic carbocycles. The van der Waals surface area contributed by atoms with Crippen molar-refractivity contribution in [2.45, 2.75) is 32.9 Å². The summed E-state index contributed by atoms with van der Waals surface area (Å²) in [4.78, 5) is 0. The minimum Gasteiger partial charge on any atom is -0.507 e. The summed E-state index contributed by atoms with van der Waals surface area (Å²) >= 11 is 0. The largest absolute Gasteiger partial charge is 0.507 e. The molecule has 1 aliphatic heterocycles. The van der Waals surface area contributed by atoms with E-state index in [1.54, 1.807) is 0 Å². The maximum absolute atomic E-state index is 9.84. The third-order valence-corrected chi connectivity index (χ3v) is 4.06. The van der Waals surface area contributed by atoms with Gasteiger partial charge in [-0.2, -0.15) is 0 Å². The van der Waals surface area contributed by atoms with Crippen molar-refractivity contribution >= 4 is 0 Å². The average Bonchev–Trinajstić information content (AvgIpc) is 2.50. The van der Waals surface area contributed by atoms with Gasteiger partial charge in [0.05, 0.1) is 6.61 Å². The van der Waals surface area contributed by atoms with Crippen molar-refractivity contribution in [2.75, 3.05) is 6.61 Å². The first kappa shape index (κ1) is 14.0. The highest BCUT2D eigenvalue weighted by Gasteiger charge is 2.20. The Balaban J connectivity index is 1.74. The highest BCUT2D eigenvalue weighted by Crippen LogP contribution is 2.32. The molecule has 0 saturated carbocycles. The van der Waals surface area contributed by atoms with Gasteiger partial charge in [0.1, 0.15) is 11.5 Å². The van der Waals surface area contributed by atoms with Crippen molar-refractivity contribution in [2.24, 2.45) is 0 Å². The Kier molecular flexibility index (Phi) is 3.84. The summed E-state index contributed by atoms with van der Waals surface area (Å²) in [5.74, 6) is 1.38. The van der Waals surface area contributed by atoms with Gasteiger partial charge in [0.25, 0.3) is 0 Å². The molecule has 1 unspecified atom stereocenters. The van der Waals surface area contributed by atoms with Crippen molar-refractivity contribution in [3.8, 4) is 11.5 Å². The number of phenolic OH excluding ortho intramolecular Hbond substituents is 1. The molecule has 110 valence electrons. The predicted octanol–water partition coefficient (Wildman–Crippen LogP) is 3.62. The minimum atomic E-state index is 0.323. The normalized spacial score (nSPS) is 17.1. The quantitative estimate of drug-likeness (QED) is 0.904. The fourth-order valence-corrected chi connectivity index (χ4v) is 2.94. The second kappa shape index (κ2) is 5.78. The molecule has 1 atom stereocenters. The van der Waals surface area contributed by atoms with Gasteiger partial charge >= 0.3 is 0 Å². The number of aromatic hydroxyl groups is 1. The Bertz CT molecular complexity index is 628. The zero-order valence-electron chi connectivity index (χ0n) is 12.5. The number of rotatable bonds is 3. The van der Waals surface area contributed by atoms with Gasteiger partial charge < -0.3 is 15.2 Å². The Hall–Kier alpha value is -2.00. The third kappa shape index (κ3) is 2.88. The van der Waals surface area contributed by atoms with Crippen molar-refractivity contribution in [1.82, 2.24) is 5.32 Å². The SMILES string of the molecule is Cc1cc(CNC2CCOc3ccccc32)cc(C)c1O. The van der Waals surface area contributed by atoms with Crippen LogP contribution in [0.2, 0.25) is 0 Å². The molecule has 3 nitrogen and oxygen atoms in total. The fraction of sp³-hybridized carbons (Fsp3) is 0.333. The van der Waals surface area contributed by atoms with Crippen LogP contribution in [-0.4, -0.2) is 11.7 Å². The van der Waals surface area contributed by atoms with Crippen LogP contribution in [0, 0.1) is 13.8 Å². The summed E-state index contributed by atoms with van der Waals surface area (Å²) in [5.41, 5.74) is 4.29. The highest BCUT2D eigenvalue weighted by molar-refractivity contribution is 5.42. The van der Waals surface area contributed by atoms with Gasteiger partial charge in [0.15, 0.2) is 0 Å². The van der Waals surface area contributed by atoms with Crippen LogP contribution in [0.1, 0.15) is 34.7 Å². The zero-order chi connectivity index (χ0) is 14.8. The molecular formula is C18H21NO2. The molecule has 0 bridgehead atoms. The van der Waals surface area contributed by atoms with Crippen LogP contribution in [0.25, 0.3) is 0 Å². The first-order valence-corrected chi connectivity index (χ1v) is 7.39. The topological polar surface area (TPSA) is 41.5 Å². The molecule has 3 rings (SSSR count). The van der Waals surface area contributed by atoms with Crippen LogP contribution in [0.5, 0.6) is 11.5 Å². The Labute approximate surface area is 125 Å². The molecule has 0 fully saturated rings. The van der Waals surface area contributed by atoms with Crippen molar-refractivity contribution in [3.63, 3.8) is 0 Å². The van der Waals surface area contributed by atoms with E-state index < -0.39 is 0 Å². The van der Waals surface area contributed by atoms with Gasteiger partial charge in [-0.1, -0.05) is 30.3 Å². The molecule has 2 aromatic rings. The van der Waals surface area contributed by atoms with Crippen LogP contribution in [0.3, 0.4) is 0 Å². The molecule has 1 heterocycles. The smallest absolute Gasteiger partial charge is 0.124 e. The molecule has 0 radical (unpaired) electrons. The number of para-hydroxylation sites is 1. The highest BCUT2D eigenvalue weighted by atomic mass is 16.5. The van der Waals surface area contributed by atoms with E-state index in [4.69, 9.17) is 4.74 Å². The number of fused-ring (bicyclic) bond motifs is 1. The number of ether oxygens (including phenoxy) is 1. The molecule has 0 spiro atoms. The summed E-state index contributed by atoms with van der Waals surface area (Å²) in [7, 11) is 0. The van der Waals surface area contributed by atoms with E-state index in [2.05, 4.69) is 17.4 Å². The zero-order valence-corrected chi connectivity index (χ0v) is 12.5. The maximum atomic E-state index is 9.84. The van der Waals surface area contributed by atoms with Gasteiger partial charge in [-0.15, -0.1) is 0 Å². The Morgan fingerprint density at radius 1 is 1.19 bits per heavy atom. The van der Waals surface area contributed by atoms with Crippen molar-refractivity contribution < 1.29 is 9.84 Å². The lowest BCUT2D eigenvalue weighted by Gasteiger charge is -2.27. The lowest BCUT2D eigenvalue weighted by atomic mass is 9.99. The summed E-state index contributed by atoms with van der Waals surface area (Å²) in [5, 5.41) is 13.4. The monoisotopic (exact) mass is 283 g/mol. The maximum Gasteiger partial charge on any atom is 0.124 e. The van der Waals surface area contributed by atoms with E-state index in [1.165, 1.54) is 11.1 Å². The molecule has 0 amide bonds. The summed E-state index contributed by atoms with van der Waals surface area (Å²) in [6, 6.07) is 12.6. The summed E-state index contributed by atoms with van der Waals surface area (Å²) in [6.07, 6.45) is 0.979. The number of aryl methyl sites for hydroxylation is 2. The van der Waals surface area contributed by atoms with Gasteiger partial charge in [0.2, 0.25) is 0 Å². The van der Waals surface area contributed by atoms with Crippen LogP contribution >= 0.6 is 0 Å². The standard InChI is InChI=1S/C18H21NO2/c1-12-9-14(10-13(2)18(12)20)11-19-16-7-8-21-17-6-4-3-5-15(16)17/h3-6,9-10,16,19-20H,7-8,11H2,1-2H3. The molecule has 2 N–H and O–H groups in total. The van der Waals surface area contributed by atoms with Crippen LogP contribution in [0.4, 0.5) is 0 Å². The van der Waals surface area contributed by atoms with Crippen LogP contribution in [0.15, 0.2) is 36.4 Å². The summed E-state index contributed by atoms with van der Waals surface area (Å²) in [6.45, 7) is 5.43. The summed E-state index contributed by atoms with van der Waals surface area (Å²) < 4.78 is 5.69. The van der Waals surface area contributed by atoms with Gasteiger partial charge in [0, 0.05) is 24.6 Å². The van der Waals surface area contributed by atoms with E-state index in [0.29, 0.717) is 11.8 Å². The van der Waals surface area contributed by atoms with Gasteiger partial charge in [-0.3, -0.25) is 0 Å². The lowest BCUT2D eigenvalue weighted by molar-refractivity contribution is 0.252. The first-order chi connectivity index (χ1) is 10.1. The molecule has 21 heavy (non-hydrogen) atoms. The Morgan fingerprint density at radius 3 is 2.67 bits per heavy atom. The Morgan fingerprint density at radius 2 is 1.90 bits per heavy atom. The number of hydrogen-bond acceptors (Lipinski definition) is 3. The van der Waals surface area contributed by atoms with E-state index >= 15 is 0 Å². The number of phenols is 1. The van der Waals surface area contributed by atoms with Gasteiger partial charge in [-0.05, 0) is 36.6 Å². The molecule has 3 heteroatoms. The van der Waals surface area contributed by atoms with Gasteiger partial charge in [-0.25, -0.2) is 0 Å². The third-order valence-electron chi connectivity index (χ3n) is 4.06. The molecular weight excluding hydrogens is 262 g/mol. The number of nitrogens with one attached hydrogen (secondary N) is 1. The fourth-order valence-electron chi connectivity index (χ4n) is 2.94. The van der Waals surface area contributed by atoms with Crippen LogP contribution in [-0.2, 0) is 6.54 Å². The van der Waals surface area contributed by atoms with E-state index in [9.17, 15) is 5.11 Å². The van der Waals surface area contributed by atoms with E-state index in [1.807, 2.05) is 38.1 Å².